The molecule has 0 radical (unpaired) electrons. The third kappa shape index (κ3) is 2.46. The first-order chi connectivity index (χ1) is 7.24. The lowest BCUT2D eigenvalue weighted by atomic mass is 9.76. The lowest BCUT2D eigenvalue weighted by Gasteiger charge is -2.39. The van der Waals surface area contributed by atoms with E-state index in [2.05, 4.69) is 22.4 Å². The third-order valence-electron chi connectivity index (χ3n) is 3.21. The van der Waals surface area contributed by atoms with E-state index in [0.29, 0.717) is 6.54 Å². The average Bonchev–Trinajstić information content (AvgIpc) is 2.70. The van der Waals surface area contributed by atoms with Gasteiger partial charge >= 0.3 is 0 Å². The minimum Gasteiger partial charge on any atom is -0.353 e. The van der Waals surface area contributed by atoms with Crippen LogP contribution in [0.15, 0.2) is 5.51 Å². The van der Waals surface area contributed by atoms with Crippen LogP contribution in [-0.2, 0) is 0 Å². The van der Waals surface area contributed by atoms with E-state index in [1.54, 1.807) is 16.8 Å². The highest BCUT2D eigenvalue weighted by Crippen LogP contribution is 2.34. The Balaban J connectivity index is 2.07. The lowest BCUT2D eigenvalue weighted by molar-refractivity contribution is 0.264. The number of anilines is 1. The Labute approximate surface area is 94.3 Å². The summed E-state index contributed by atoms with van der Waals surface area (Å²) in [6, 6.07) is 0. The normalized spacial score (nSPS) is 31.5. The van der Waals surface area contributed by atoms with Gasteiger partial charge in [-0.2, -0.15) is 0 Å². The van der Waals surface area contributed by atoms with Crippen molar-refractivity contribution in [1.82, 2.24) is 10.2 Å². The molecule has 5 heteroatoms. The molecule has 2 atom stereocenters. The summed E-state index contributed by atoms with van der Waals surface area (Å²) in [6.45, 7) is 2.97. The molecule has 1 aliphatic carbocycles. The van der Waals surface area contributed by atoms with Crippen LogP contribution >= 0.6 is 11.3 Å². The van der Waals surface area contributed by atoms with Crippen LogP contribution in [0.5, 0.6) is 0 Å². The van der Waals surface area contributed by atoms with Crippen molar-refractivity contribution < 1.29 is 0 Å². The molecule has 2 unspecified atom stereocenters. The molecule has 3 N–H and O–H groups in total. The van der Waals surface area contributed by atoms with Crippen molar-refractivity contribution in [2.75, 3.05) is 11.9 Å². The molecule has 0 aromatic carbocycles. The summed E-state index contributed by atoms with van der Waals surface area (Å²) in [5.74, 6) is 0.753. The molecule has 0 bridgehead atoms. The molecule has 1 saturated carbocycles. The Morgan fingerprint density at radius 1 is 1.73 bits per heavy atom. The van der Waals surface area contributed by atoms with Crippen LogP contribution in [0.25, 0.3) is 0 Å². The standard InChI is InChI=1S/C10H18N4S/c1-8-3-2-4-10(5-8,6-11)13-9-14-12-7-15-9/h7-8H,2-6,11H2,1H3,(H,13,14). The highest BCUT2D eigenvalue weighted by atomic mass is 32.1. The zero-order valence-corrected chi connectivity index (χ0v) is 9.89. The van der Waals surface area contributed by atoms with Crippen LogP contribution in [-0.4, -0.2) is 22.3 Å². The molecule has 1 fully saturated rings. The van der Waals surface area contributed by atoms with Gasteiger partial charge in [0.05, 0.1) is 5.54 Å². The second-order valence-corrected chi connectivity index (χ2v) is 5.39. The van der Waals surface area contributed by atoms with E-state index in [0.717, 1.165) is 23.9 Å². The molecule has 0 aliphatic heterocycles. The maximum atomic E-state index is 5.91. The first-order valence-corrected chi connectivity index (χ1v) is 6.36. The second kappa shape index (κ2) is 4.45. The van der Waals surface area contributed by atoms with Crippen LogP contribution in [0.1, 0.15) is 32.6 Å². The largest absolute Gasteiger partial charge is 0.353 e. The van der Waals surface area contributed by atoms with E-state index in [1.807, 2.05) is 0 Å². The topological polar surface area (TPSA) is 63.8 Å². The van der Waals surface area contributed by atoms with Crippen molar-refractivity contribution in [2.45, 2.75) is 38.1 Å². The highest BCUT2D eigenvalue weighted by molar-refractivity contribution is 7.13. The fraction of sp³-hybridized carbons (Fsp3) is 0.800. The van der Waals surface area contributed by atoms with Crippen LogP contribution in [0.4, 0.5) is 5.13 Å². The molecular formula is C10H18N4S. The summed E-state index contributed by atoms with van der Waals surface area (Å²) >= 11 is 1.54. The summed E-state index contributed by atoms with van der Waals surface area (Å²) in [5, 5.41) is 12.2. The zero-order valence-electron chi connectivity index (χ0n) is 9.07. The van der Waals surface area contributed by atoms with Crippen LogP contribution in [0.2, 0.25) is 0 Å². The number of nitrogens with zero attached hydrogens (tertiary/aromatic N) is 2. The molecule has 15 heavy (non-hydrogen) atoms. The summed E-state index contributed by atoms with van der Waals surface area (Å²) in [5.41, 5.74) is 7.71. The van der Waals surface area contributed by atoms with Crippen molar-refractivity contribution in [3.8, 4) is 0 Å². The Morgan fingerprint density at radius 2 is 2.60 bits per heavy atom. The quantitative estimate of drug-likeness (QED) is 0.825. The fourth-order valence-electron chi connectivity index (χ4n) is 2.46. The summed E-state index contributed by atoms with van der Waals surface area (Å²) < 4.78 is 0. The second-order valence-electron chi connectivity index (χ2n) is 4.55. The van der Waals surface area contributed by atoms with E-state index < -0.39 is 0 Å². The van der Waals surface area contributed by atoms with Crippen molar-refractivity contribution in [3.63, 3.8) is 0 Å². The van der Waals surface area contributed by atoms with Gasteiger partial charge in [-0.25, -0.2) is 0 Å². The molecule has 1 heterocycles. The predicted molar refractivity (Wildman–Crippen MR) is 62.9 cm³/mol. The molecule has 4 nitrogen and oxygen atoms in total. The number of hydrogen-bond acceptors (Lipinski definition) is 5. The van der Waals surface area contributed by atoms with Gasteiger partial charge in [0.2, 0.25) is 5.13 Å². The SMILES string of the molecule is CC1CCCC(CN)(Nc2nncs2)C1. The molecular weight excluding hydrogens is 208 g/mol. The summed E-state index contributed by atoms with van der Waals surface area (Å²) in [7, 11) is 0. The summed E-state index contributed by atoms with van der Waals surface area (Å²) in [6.07, 6.45) is 4.86. The smallest absolute Gasteiger partial charge is 0.205 e. The minimum absolute atomic E-state index is 0.0528. The van der Waals surface area contributed by atoms with Gasteiger partial charge in [0.15, 0.2) is 0 Å². The van der Waals surface area contributed by atoms with Gasteiger partial charge in [0.1, 0.15) is 5.51 Å². The zero-order chi connectivity index (χ0) is 10.7. The van der Waals surface area contributed by atoms with E-state index in [1.165, 1.54) is 12.8 Å². The average molecular weight is 226 g/mol. The molecule has 0 spiro atoms. The highest BCUT2D eigenvalue weighted by Gasteiger charge is 2.34. The lowest BCUT2D eigenvalue weighted by Crippen LogP contribution is -2.48. The first kappa shape index (κ1) is 10.8. The third-order valence-corrected chi connectivity index (χ3v) is 3.82. The number of nitrogens with two attached hydrogens (primary N) is 1. The first-order valence-electron chi connectivity index (χ1n) is 5.48. The van der Waals surface area contributed by atoms with Crippen molar-refractivity contribution in [3.05, 3.63) is 5.51 Å². The molecule has 1 aromatic rings. The molecule has 0 amide bonds. The number of aromatic nitrogens is 2. The van der Waals surface area contributed by atoms with Crippen molar-refractivity contribution in [1.29, 1.82) is 0 Å². The van der Waals surface area contributed by atoms with Gasteiger partial charge in [0.25, 0.3) is 0 Å². The van der Waals surface area contributed by atoms with E-state index in [9.17, 15) is 0 Å². The Kier molecular flexibility index (Phi) is 3.21. The number of hydrogen-bond donors (Lipinski definition) is 2. The van der Waals surface area contributed by atoms with E-state index in [-0.39, 0.29) is 5.54 Å². The van der Waals surface area contributed by atoms with Crippen molar-refractivity contribution >= 4 is 16.5 Å². The van der Waals surface area contributed by atoms with Crippen molar-refractivity contribution in [2.24, 2.45) is 11.7 Å². The predicted octanol–water partition coefficient (Wildman–Crippen LogP) is 1.86. The minimum atomic E-state index is 0.0528. The van der Waals surface area contributed by atoms with E-state index in [4.69, 9.17) is 5.73 Å². The number of nitrogens with one attached hydrogen (secondary N) is 1. The number of rotatable bonds is 3. The molecule has 2 rings (SSSR count). The van der Waals surface area contributed by atoms with Gasteiger partial charge in [-0.15, -0.1) is 10.2 Å². The molecule has 0 saturated heterocycles. The Morgan fingerprint density at radius 3 is 3.20 bits per heavy atom. The maximum absolute atomic E-state index is 5.91. The maximum Gasteiger partial charge on any atom is 0.205 e. The monoisotopic (exact) mass is 226 g/mol. The van der Waals surface area contributed by atoms with Gasteiger partial charge in [0, 0.05) is 6.54 Å². The van der Waals surface area contributed by atoms with Gasteiger partial charge < -0.3 is 11.1 Å². The van der Waals surface area contributed by atoms with Crippen LogP contribution in [0, 0.1) is 5.92 Å². The van der Waals surface area contributed by atoms with E-state index >= 15 is 0 Å². The van der Waals surface area contributed by atoms with Crippen LogP contribution in [0.3, 0.4) is 0 Å². The molecule has 1 aromatic heterocycles. The van der Waals surface area contributed by atoms with Gasteiger partial charge in [-0.3, -0.25) is 0 Å². The Hall–Kier alpha value is -0.680. The fourth-order valence-corrected chi connectivity index (χ4v) is 3.03. The summed E-state index contributed by atoms with van der Waals surface area (Å²) in [4.78, 5) is 0. The molecule has 1 aliphatic rings. The van der Waals surface area contributed by atoms with Gasteiger partial charge in [-0.05, 0) is 18.8 Å². The van der Waals surface area contributed by atoms with Crippen LogP contribution < -0.4 is 11.1 Å². The van der Waals surface area contributed by atoms with Gasteiger partial charge in [-0.1, -0.05) is 31.1 Å². The Bertz CT molecular complexity index is 300. The molecule has 84 valence electrons.